The molecule has 3 aromatic rings. The number of hydrogen-bond acceptors (Lipinski definition) is 5. The molecule has 0 saturated carbocycles. The number of ether oxygens (including phenoxy) is 1. The SMILES string of the molecule is COc1ccccc1CNC(=O)C(C)Sc1nncn1-c1cccc(Cl)c1. The molecule has 0 aliphatic heterocycles. The van der Waals surface area contributed by atoms with E-state index in [1.165, 1.54) is 11.8 Å². The van der Waals surface area contributed by atoms with E-state index in [1.54, 1.807) is 24.1 Å². The number of methoxy groups -OCH3 is 1. The first-order chi connectivity index (χ1) is 13.1. The first-order valence-corrected chi connectivity index (χ1v) is 9.56. The van der Waals surface area contributed by atoms with Gasteiger partial charge in [0.25, 0.3) is 0 Å². The minimum absolute atomic E-state index is 0.0912. The van der Waals surface area contributed by atoms with Gasteiger partial charge in [-0.05, 0) is 31.2 Å². The van der Waals surface area contributed by atoms with Crippen LogP contribution < -0.4 is 10.1 Å². The number of amides is 1. The van der Waals surface area contributed by atoms with Crippen LogP contribution in [0.5, 0.6) is 5.75 Å². The first-order valence-electron chi connectivity index (χ1n) is 8.30. The summed E-state index contributed by atoms with van der Waals surface area (Å²) in [5.74, 6) is 0.658. The fourth-order valence-electron chi connectivity index (χ4n) is 2.49. The quantitative estimate of drug-likeness (QED) is 0.610. The van der Waals surface area contributed by atoms with Crippen molar-refractivity contribution in [1.29, 1.82) is 0 Å². The molecule has 8 heteroatoms. The van der Waals surface area contributed by atoms with E-state index in [0.29, 0.717) is 16.7 Å². The monoisotopic (exact) mass is 402 g/mol. The Balaban J connectivity index is 1.65. The fourth-order valence-corrected chi connectivity index (χ4v) is 3.55. The minimum atomic E-state index is -0.346. The molecule has 1 N–H and O–H groups in total. The summed E-state index contributed by atoms with van der Waals surface area (Å²) in [6.45, 7) is 2.23. The lowest BCUT2D eigenvalue weighted by molar-refractivity contribution is -0.120. The number of aromatic nitrogens is 3. The van der Waals surface area contributed by atoms with Gasteiger partial charge in [0.2, 0.25) is 5.91 Å². The molecule has 0 bridgehead atoms. The van der Waals surface area contributed by atoms with E-state index in [1.807, 2.05) is 49.4 Å². The van der Waals surface area contributed by atoms with Crippen molar-refractivity contribution in [3.8, 4) is 11.4 Å². The summed E-state index contributed by atoms with van der Waals surface area (Å²) in [5.41, 5.74) is 1.77. The van der Waals surface area contributed by atoms with Crippen molar-refractivity contribution in [2.45, 2.75) is 23.9 Å². The Labute approximate surface area is 166 Å². The van der Waals surface area contributed by atoms with Gasteiger partial charge in [-0.15, -0.1) is 10.2 Å². The topological polar surface area (TPSA) is 69.0 Å². The van der Waals surface area contributed by atoms with Crippen LogP contribution in [-0.4, -0.2) is 33.0 Å². The summed E-state index contributed by atoms with van der Waals surface area (Å²) in [7, 11) is 1.61. The normalized spacial score (nSPS) is 11.8. The number of hydrogen-bond donors (Lipinski definition) is 1. The standard InChI is InChI=1S/C19H19ClN4O2S/c1-13(18(25)21-11-14-6-3-4-9-17(14)26-2)27-19-23-22-12-24(19)16-8-5-7-15(20)10-16/h3-10,12-13H,11H2,1-2H3,(H,21,25). The van der Waals surface area contributed by atoms with Gasteiger partial charge in [0.05, 0.1) is 18.0 Å². The number of thioether (sulfide) groups is 1. The Bertz CT molecular complexity index is 931. The molecule has 0 fully saturated rings. The number of rotatable bonds is 7. The number of halogens is 1. The van der Waals surface area contributed by atoms with E-state index in [0.717, 1.165) is 17.0 Å². The van der Waals surface area contributed by atoms with Gasteiger partial charge in [0.15, 0.2) is 5.16 Å². The molecule has 0 saturated heterocycles. The smallest absolute Gasteiger partial charge is 0.233 e. The van der Waals surface area contributed by atoms with Crippen molar-refractivity contribution in [2.75, 3.05) is 7.11 Å². The maximum Gasteiger partial charge on any atom is 0.233 e. The van der Waals surface area contributed by atoms with Crippen molar-refractivity contribution in [1.82, 2.24) is 20.1 Å². The van der Waals surface area contributed by atoms with E-state index in [9.17, 15) is 4.79 Å². The third-order valence-electron chi connectivity index (χ3n) is 3.90. The molecule has 2 aromatic carbocycles. The summed E-state index contributed by atoms with van der Waals surface area (Å²) < 4.78 is 7.11. The third-order valence-corrected chi connectivity index (χ3v) is 5.19. The third kappa shape index (κ3) is 4.81. The van der Waals surface area contributed by atoms with E-state index in [-0.39, 0.29) is 11.2 Å². The molecule has 1 heterocycles. The molecule has 1 amide bonds. The predicted molar refractivity (Wildman–Crippen MR) is 107 cm³/mol. The van der Waals surface area contributed by atoms with Gasteiger partial charge < -0.3 is 10.1 Å². The number of carbonyl (C=O) groups excluding carboxylic acids is 1. The number of benzene rings is 2. The highest BCUT2D eigenvalue weighted by atomic mass is 35.5. The lowest BCUT2D eigenvalue weighted by atomic mass is 10.2. The lowest BCUT2D eigenvalue weighted by Crippen LogP contribution is -2.30. The van der Waals surface area contributed by atoms with E-state index in [4.69, 9.17) is 16.3 Å². The Morgan fingerprint density at radius 3 is 2.89 bits per heavy atom. The van der Waals surface area contributed by atoms with Crippen LogP contribution in [-0.2, 0) is 11.3 Å². The van der Waals surface area contributed by atoms with Crippen LogP contribution in [0, 0.1) is 0 Å². The number of carbonyl (C=O) groups is 1. The second-order valence-electron chi connectivity index (χ2n) is 5.75. The van der Waals surface area contributed by atoms with Gasteiger partial charge in [-0.3, -0.25) is 9.36 Å². The van der Waals surface area contributed by atoms with E-state index < -0.39 is 0 Å². The molecular formula is C19H19ClN4O2S. The average Bonchev–Trinajstić information content (AvgIpc) is 3.14. The zero-order valence-corrected chi connectivity index (χ0v) is 16.5. The highest BCUT2D eigenvalue weighted by Gasteiger charge is 2.18. The molecule has 140 valence electrons. The molecule has 6 nitrogen and oxygen atoms in total. The molecule has 1 aromatic heterocycles. The van der Waals surface area contributed by atoms with Gasteiger partial charge in [-0.2, -0.15) is 0 Å². The molecule has 0 spiro atoms. The van der Waals surface area contributed by atoms with Crippen LogP contribution >= 0.6 is 23.4 Å². The van der Waals surface area contributed by atoms with Gasteiger partial charge in [-0.25, -0.2) is 0 Å². The van der Waals surface area contributed by atoms with Gasteiger partial charge in [-0.1, -0.05) is 47.6 Å². The molecule has 3 rings (SSSR count). The van der Waals surface area contributed by atoms with Crippen LogP contribution in [0.4, 0.5) is 0 Å². The molecule has 1 unspecified atom stereocenters. The summed E-state index contributed by atoms with van der Waals surface area (Å²) in [6, 6.07) is 15.0. The summed E-state index contributed by atoms with van der Waals surface area (Å²) in [6.07, 6.45) is 1.60. The summed E-state index contributed by atoms with van der Waals surface area (Å²) in [5, 5.41) is 11.9. The predicted octanol–water partition coefficient (Wildman–Crippen LogP) is 3.73. The maximum atomic E-state index is 12.5. The van der Waals surface area contributed by atoms with E-state index in [2.05, 4.69) is 15.5 Å². The second kappa shape index (κ2) is 8.92. The maximum absolute atomic E-state index is 12.5. The molecule has 0 aliphatic carbocycles. The van der Waals surface area contributed by atoms with Crippen LogP contribution in [0.3, 0.4) is 0 Å². The van der Waals surface area contributed by atoms with E-state index >= 15 is 0 Å². The number of nitrogens with one attached hydrogen (secondary N) is 1. The first kappa shape index (κ1) is 19.3. The van der Waals surface area contributed by atoms with Crippen LogP contribution in [0.15, 0.2) is 60.0 Å². The van der Waals surface area contributed by atoms with Gasteiger partial charge >= 0.3 is 0 Å². The van der Waals surface area contributed by atoms with Crippen LogP contribution in [0.2, 0.25) is 5.02 Å². The summed E-state index contributed by atoms with van der Waals surface area (Å²) >= 11 is 7.39. The molecular weight excluding hydrogens is 384 g/mol. The largest absolute Gasteiger partial charge is 0.496 e. The van der Waals surface area contributed by atoms with Gasteiger partial charge in [0.1, 0.15) is 12.1 Å². The lowest BCUT2D eigenvalue weighted by Gasteiger charge is -2.14. The van der Waals surface area contributed by atoms with Crippen molar-refractivity contribution < 1.29 is 9.53 Å². The summed E-state index contributed by atoms with van der Waals surface area (Å²) in [4.78, 5) is 12.5. The van der Waals surface area contributed by atoms with Crippen molar-refractivity contribution in [2.24, 2.45) is 0 Å². The molecule has 1 atom stereocenters. The van der Waals surface area contributed by atoms with Crippen molar-refractivity contribution >= 4 is 29.3 Å². The fraction of sp³-hybridized carbons (Fsp3) is 0.211. The number of para-hydroxylation sites is 1. The Hall–Kier alpha value is -2.51. The van der Waals surface area contributed by atoms with Crippen LogP contribution in [0.25, 0.3) is 5.69 Å². The minimum Gasteiger partial charge on any atom is -0.496 e. The van der Waals surface area contributed by atoms with Crippen molar-refractivity contribution in [3.63, 3.8) is 0 Å². The zero-order chi connectivity index (χ0) is 19.2. The zero-order valence-electron chi connectivity index (χ0n) is 14.9. The van der Waals surface area contributed by atoms with Gasteiger partial charge in [0, 0.05) is 17.1 Å². The highest BCUT2D eigenvalue weighted by molar-refractivity contribution is 8.00. The molecule has 0 radical (unpaired) electrons. The Kier molecular flexibility index (Phi) is 6.36. The molecule has 27 heavy (non-hydrogen) atoms. The highest BCUT2D eigenvalue weighted by Crippen LogP contribution is 2.25. The Morgan fingerprint density at radius 1 is 1.30 bits per heavy atom. The van der Waals surface area contributed by atoms with Crippen LogP contribution in [0.1, 0.15) is 12.5 Å². The average molecular weight is 403 g/mol. The van der Waals surface area contributed by atoms with Crippen molar-refractivity contribution in [3.05, 3.63) is 65.4 Å². The molecule has 0 aliphatic rings. The second-order valence-corrected chi connectivity index (χ2v) is 7.50. The Morgan fingerprint density at radius 2 is 2.11 bits per heavy atom. The number of nitrogens with zero attached hydrogens (tertiary/aromatic N) is 3.